The van der Waals surface area contributed by atoms with Gasteiger partial charge in [-0.3, -0.25) is 0 Å². The van der Waals surface area contributed by atoms with Crippen LogP contribution < -0.4 is 0 Å². The summed E-state index contributed by atoms with van der Waals surface area (Å²) in [6, 6.07) is 17.0. The summed E-state index contributed by atoms with van der Waals surface area (Å²) in [6.45, 7) is 1.99. The molecule has 0 saturated heterocycles. The van der Waals surface area contributed by atoms with Crippen LogP contribution in [0.2, 0.25) is 0 Å². The second-order valence-corrected chi connectivity index (χ2v) is 5.63. The Morgan fingerprint density at radius 2 is 1.91 bits per heavy atom. The van der Waals surface area contributed by atoms with Crippen molar-refractivity contribution in [2.75, 3.05) is 0 Å². The number of hydrogen-bond donors (Lipinski definition) is 0. The van der Waals surface area contributed by atoms with Gasteiger partial charge in [-0.05, 0) is 18.1 Å². The molecule has 1 heterocycles. The van der Waals surface area contributed by atoms with Gasteiger partial charge in [-0.2, -0.15) is 0 Å². The molecular formula is C18H17F2NO. The van der Waals surface area contributed by atoms with Crippen molar-refractivity contribution in [2.24, 2.45) is 5.16 Å². The molecule has 114 valence electrons. The minimum Gasteiger partial charge on any atom is -0.383 e. The number of rotatable bonds is 4. The first kappa shape index (κ1) is 14.7. The molecule has 22 heavy (non-hydrogen) atoms. The number of aryl methyl sites for hydroxylation is 1. The van der Waals surface area contributed by atoms with Gasteiger partial charge >= 0.3 is 0 Å². The molecule has 0 aliphatic carbocycles. The van der Waals surface area contributed by atoms with Gasteiger partial charge in [0.25, 0.3) is 0 Å². The van der Waals surface area contributed by atoms with Crippen LogP contribution in [0.4, 0.5) is 8.78 Å². The Balaban J connectivity index is 1.92. The van der Waals surface area contributed by atoms with E-state index in [0.717, 1.165) is 16.7 Å². The number of halogens is 2. The lowest BCUT2D eigenvalue weighted by molar-refractivity contribution is -0.0650. The highest BCUT2D eigenvalue weighted by atomic mass is 19.3. The highest BCUT2D eigenvalue weighted by Gasteiger charge is 2.43. The standard InChI is InChI=1S/C18H17F2NO/c1-13-6-5-7-14(10-13)16-11-18(22-21-16,12-17(19)20)15-8-3-2-4-9-15/h2-10,17H,11-12H2,1H3. The molecule has 2 aromatic rings. The van der Waals surface area contributed by atoms with Crippen LogP contribution in [0.1, 0.15) is 29.5 Å². The lowest BCUT2D eigenvalue weighted by atomic mass is 9.84. The maximum atomic E-state index is 13.1. The van der Waals surface area contributed by atoms with Gasteiger partial charge in [-0.1, -0.05) is 65.3 Å². The summed E-state index contributed by atoms with van der Waals surface area (Å²) >= 11 is 0. The van der Waals surface area contributed by atoms with Crippen molar-refractivity contribution < 1.29 is 13.6 Å². The zero-order valence-electron chi connectivity index (χ0n) is 12.3. The van der Waals surface area contributed by atoms with Gasteiger partial charge in [0.2, 0.25) is 6.43 Å². The topological polar surface area (TPSA) is 21.6 Å². The molecule has 0 radical (unpaired) electrons. The minimum atomic E-state index is -2.45. The molecule has 2 aromatic carbocycles. The van der Waals surface area contributed by atoms with E-state index >= 15 is 0 Å². The van der Waals surface area contributed by atoms with Crippen LogP contribution >= 0.6 is 0 Å². The molecule has 0 amide bonds. The highest BCUT2D eigenvalue weighted by molar-refractivity contribution is 6.01. The van der Waals surface area contributed by atoms with Crippen LogP contribution in [0.5, 0.6) is 0 Å². The number of oxime groups is 1. The molecule has 1 unspecified atom stereocenters. The third-order valence-corrected chi connectivity index (χ3v) is 3.92. The fourth-order valence-corrected chi connectivity index (χ4v) is 2.83. The zero-order valence-corrected chi connectivity index (χ0v) is 12.3. The summed E-state index contributed by atoms with van der Waals surface area (Å²) in [5.41, 5.74) is 2.40. The molecule has 4 heteroatoms. The van der Waals surface area contributed by atoms with Crippen LogP contribution in [0.15, 0.2) is 59.8 Å². The van der Waals surface area contributed by atoms with Crippen LogP contribution in [-0.2, 0) is 10.4 Å². The van der Waals surface area contributed by atoms with Gasteiger partial charge in [0.1, 0.15) is 0 Å². The van der Waals surface area contributed by atoms with Crippen molar-refractivity contribution in [1.29, 1.82) is 0 Å². The normalized spacial score (nSPS) is 20.8. The summed E-state index contributed by atoms with van der Waals surface area (Å²) < 4.78 is 26.2. The van der Waals surface area contributed by atoms with E-state index < -0.39 is 12.0 Å². The van der Waals surface area contributed by atoms with Gasteiger partial charge < -0.3 is 4.84 Å². The van der Waals surface area contributed by atoms with Gasteiger partial charge in [0.15, 0.2) is 5.60 Å². The van der Waals surface area contributed by atoms with Crippen molar-refractivity contribution in [1.82, 2.24) is 0 Å². The van der Waals surface area contributed by atoms with E-state index in [1.165, 1.54) is 0 Å². The SMILES string of the molecule is Cc1cccc(C2=NOC(CC(F)F)(c3ccccc3)C2)c1. The second-order valence-electron chi connectivity index (χ2n) is 5.63. The van der Waals surface area contributed by atoms with Crippen molar-refractivity contribution in [3.05, 3.63) is 71.3 Å². The highest BCUT2D eigenvalue weighted by Crippen LogP contribution is 2.41. The first-order chi connectivity index (χ1) is 10.6. The molecule has 0 fully saturated rings. The molecule has 2 nitrogen and oxygen atoms in total. The van der Waals surface area contributed by atoms with E-state index in [2.05, 4.69) is 5.16 Å². The van der Waals surface area contributed by atoms with Gasteiger partial charge in [-0.15, -0.1) is 0 Å². The van der Waals surface area contributed by atoms with E-state index in [0.29, 0.717) is 12.1 Å². The lowest BCUT2D eigenvalue weighted by Gasteiger charge is -2.26. The average molecular weight is 301 g/mol. The van der Waals surface area contributed by atoms with E-state index in [9.17, 15) is 8.78 Å². The monoisotopic (exact) mass is 301 g/mol. The van der Waals surface area contributed by atoms with E-state index in [1.54, 1.807) is 0 Å². The second kappa shape index (κ2) is 5.87. The largest absolute Gasteiger partial charge is 0.383 e. The van der Waals surface area contributed by atoms with E-state index in [4.69, 9.17) is 4.84 Å². The van der Waals surface area contributed by atoms with Crippen molar-refractivity contribution in [2.45, 2.75) is 31.8 Å². The third-order valence-electron chi connectivity index (χ3n) is 3.92. The number of benzene rings is 2. The maximum Gasteiger partial charge on any atom is 0.242 e. The van der Waals surface area contributed by atoms with Crippen molar-refractivity contribution in [3.63, 3.8) is 0 Å². The van der Waals surface area contributed by atoms with Crippen molar-refractivity contribution >= 4 is 5.71 Å². The van der Waals surface area contributed by atoms with Gasteiger partial charge in [0.05, 0.1) is 12.1 Å². The van der Waals surface area contributed by atoms with E-state index in [-0.39, 0.29) is 6.42 Å². The van der Waals surface area contributed by atoms with Crippen molar-refractivity contribution in [3.8, 4) is 0 Å². The summed E-state index contributed by atoms with van der Waals surface area (Å²) in [5, 5.41) is 4.11. The lowest BCUT2D eigenvalue weighted by Crippen LogP contribution is -2.29. The number of alkyl halides is 2. The molecule has 0 spiro atoms. The number of nitrogens with zero attached hydrogens (tertiary/aromatic N) is 1. The fraction of sp³-hybridized carbons (Fsp3) is 0.278. The quantitative estimate of drug-likeness (QED) is 0.804. The Kier molecular flexibility index (Phi) is 3.92. The average Bonchev–Trinajstić information content (AvgIpc) is 2.93. The van der Waals surface area contributed by atoms with Gasteiger partial charge in [-0.25, -0.2) is 8.78 Å². The molecule has 0 bridgehead atoms. The van der Waals surface area contributed by atoms with Crippen LogP contribution in [0.3, 0.4) is 0 Å². The van der Waals surface area contributed by atoms with Crippen LogP contribution in [0, 0.1) is 6.92 Å². The molecule has 1 aliphatic rings. The molecule has 3 rings (SSSR count). The zero-order chi connectivity index (χ0) is 15.6. The first-order valence-electron chi connectivity index (χ1n) is 7.25. The summed E-state index contributed by atoms with van der Waals surface area (Å²) in [4.78, 5) is 5.55. The van der Waals surface area contributed by atoms with Crippen LogP contribution in [0.25, 0.3) is 0 Å². The molecule has 1 aliphatic heterocycles. The molecule has 0 saturated carbocycles. The summed E-state index contributed by atoms with van der Waals surface area (Å²) in [7, 11) is 0. The van der Waals surface area contributed by atoms with Crippen LogP contribution in [-0.4, -0.2) is 12.1 Å². The Morgan fingerprint density at radius 3 is 2.59 bits per heavy atom. The molecule has 1 atom stereocenters. The Bertz CT molecular complexity index is 684. The predicted molar refractivity (Wildman–Crippen MR) is 82.2 cm³/mol. The Hall–Kier alpha value is -2.23. The van der Waals surface area contributed by atoms with E-state index in [1.807, 2.05) is 61.5 Å². The maximum absolute atomic E-state index is 13.1. The molecule has 0 aromatic heterocycles. The molecule has 0 N–H and O–H groups in total. The molecular weight excluding hydrogens is 284 g/mol. The van der Waals surface area contributed by atoms with Gasteiger partial charge in [0, 0.05) is 6.42 Å². The Labute approximate surface area is 128 Å². The smallest absolute Gasteiger partial charge is 0.242 e. The number of hydrogen-bond acceptors (Lipinski definition) is 2. The third kappa shape index (κ3) is 2.86. The Morgan fingerprint density at radius 1 is 1.14 bits per heavy atom. The summed E-state index contributed by atoms with van der Waals surface area (Å²) in [6.07, 6.45) is -2.46. The minimum absolute atomic E-state index is 0.352. The first-order valence-corrected chi connectivity index (χ1v) is 7.25. The fourth-order valence-electron chi connectivity index (χ4n) is 2.83. The predicted octanol–water partition coefficient (Wildman–Crippen LogP) is 4.67. The summed E-state index contributed by atoms with van der Waals surface area (Å²) in [5.74, 6) is 0.